The highest BCUT2D eigenvalue weighted by Gasteiger charge is 2.16. The van der Waals surface area contributed by atoms with Gasteiger partial charge in [-0.25, -0.2) is 8.42 Å². The van der Waals surface area contributed by atoms with Crippen molar-refractivity contribution in [2.45, 2.75) is 4.90 Å². The number of halogens is 1. The highest BCUT2D eigenvalue weighted by atomic mass is 79.9. The van der Waals surface area contributed by atoms with E-state index in [1.807, 2.05) is 5.38 Å². The van der Waals surface area contributed by atoms with E-state index in [9.17, 15) is 8.42 Å². The van der Waals surface area contributed by atoms with E-state index >= 15 is 0 Å². The maximum Gasteiger partial charge on any atom is 0.263 e. The molecule has 0 saturated carbocycles. The van der Waals surface area contributed by atoms with Crippen molar-refractivity contribution in [1.29, 1.82) is 0 Å². The smallest absolute Gasteiger partial charge is 0.263 e. The predicted molar refractivity (Wildman–Crippen MR) is 69.3 cm³/mol. The number of nitrogens with one attached hydrogen (secondary N) is 1. The van der Waals surface area contributed by atoms with Crippen LogP contribution in [0.5, 0.6) is 0 Å². The van der Waals surface area contributed by atoms with Gasteiger partial charge in [0.25, 0.3) is 10.0 Å². The maximum absolute atomic E-state index is 12.0. The van der Waals surface area contributed by atoms with Gasteiger partial charge in [-0.1, -0.05) is 12.1 Å². The molecule has 0 aliphatic carbocycles. The van der Waals surface area contributed by atoms with Crippen molar-refractivity contribution in [3.63, 3.8) is 0 Å². The Bertz CT molecular complexity index is 579. The van der Waals surface area contributed by atoms with Gasteiger partial charge in [0, 0.05) is 9.85 Å². The van der Waals surface area contributed by atoms with Gasteiger partial charge < -0.3 is 0 Å². The Hall–Kier alpha value is -0.850. The van der Waals surface area contributed by atoms with E-state index < -0.39 is 10.0 Å². The van der Waals surface area contributed by atoms with Crippen LogP contribution in [0.4, 0.5) is 5.69 Å². The van der Waals surface area contributed by atoms with E-state index in [4.69, 9.17) is 0 Å². The molecule has 0 spiro atoms. The molecular formula is C10H8BrNO2S2. The summed E-state index contributed by atoms with van der Waals surface area (Å²) >= 11 is 4.66. The summed E-state index contributed by atoms with van der Waals surface area (Å²) in [6, 6.07) is 8.43. The summed E-state index contributed by atoms with van der Waals surface area (Å²) in [5, 5.41) is 3.56. The topological polar surface area (TPSA) is 46.2 Å². The molecule has 0 saturated heterocycles. The molecule has 0 bridgehead atoms. The fraction of sp³-hybridized carbons (Fsp3) is 0. The molecule has 0 aliphatic heterocycles. The van der Waals surface area contributed by atoms with Crippen LogP contribution in [-0.2, 0) is 10.0 Å². The first-order chi connectivity index (χ1) is 7.59. The standard InChI is InChI=1S/C10H8BrNO2S2/c11-9-3-1-2-4-10(9)16(13,14)12-8-5-6-15-7-8/h1-7,12H. The van der Waals surface area contributed by atoms with Gasteiger partial charge in [-0.05, 0) is 39.5 Å². The first kappa shape index (κ1) is 11.6. The van der Waals surface area contributed by atoms with Crippen molar-refractivity contribution in [1.82, 2.24) is 0 Å². The molecule has 84 valence electrons. The Morgan fingerprint density at radius 2 is 1.94 bits per heavy atom. The molecule has 2 aromatic rings. The summed E-state index contributed by atoms with van der Waals surface area (Å²) in [7, 11) is -3.50. The van der Waals surface area contributed by atoms with Crippen molar-refractivity contribution in [3.8, 4) is 0 Å². The van der Waals surface area contributed by atoms with Crippen molar-refractivity contribution in [2.75, 3.05) is 4.72 Å². The zero-order chi connectivity index (χ0) is 11.6. The summed E-state index contributed by atoms with van der Waals surface area (Å²) < 4.78 is 27.0. The van der Waals surface area contributed by atoms with Crippen molar-refractivity contribution < 1.29 is 8.42 Å². The largest absolute Gasteiger partial charge is 0.279 e. The van der Waals surface area contributed by atoms with Crippen LogP contribution < -0.4 is 4.72 Å². The van der Waals surface area contributed by atoms with Crippen LogP contribution in [0, 0.1) is 0 Å². The number of benzene rings is 1. The van der Waals surface area contributed by atoms with Crippen LogP contribution in [0.25, 0.3) is 0 Å². The zero-order valence-corrected chi connectivity index (χ0v) is 11.3. The molecule has 0 unspecified atom stereocenters. The maximum atomic E-state index is 12.0. The first-order valence-electron chi connectivity index (χ1n) is 4.39. The van der Waals surface area contributed by atoms with Gasteiger partial charge in [-0.15, -0.1) is 0 Å². The van der Waals surface area contributed by atoms with E-state index in [0.717, 1.165) is 0 Å². The molecule has 2 rings (SSSR count). The van der Waals surface area contributed by atoms with E-state index in [-0.39, 0.29) is 4.90 Å². The summed E-state index contributed by atoms with van der Waals surface area (Å²) in [6.45, 7) is 0. The summed E-state index contributed by atoms with van der Waals surface area (Å²) in [6.07, 6.45) is 0. The molecule has 0 radical (unpaired) electrons. The quantitative estimate of drug-likeness (QED) is 0.944. The molecule has 0 atom stereocenters. The van der Waals surface area contributed by atoms with E-state index in [1.54, 1.807) is 35.7 Å². The zero-order valence-electron chi connectivity index (χ0n) is 8.05. The van der Waals surface area contributed by atoms with Crippen LogP contribution >= 0.6 is 27.3 Å². The molecule has 0 fully saturated rings. The Labute approximate surface area is 106 Å². The van der Waals surface area contributed by atoms with Crippen LogP contribution in [0.3, 0.4) is 0 Å². The van der Waals surface area contributed by atoms with Crippen molar-refractivity contribution in [3.05, 3.63) is 45.6 Å². The molecule has 1 aromatic carbocycles. The van der Waals surface area contributed by atoms with Gasteiger partial charge in [0.15, 0.2) is 0 Å². The van der Waals surface area contributed by atoms with E-state index in [2.05, 4.69) is 20.7 Å². The lowest BCUT2D eigenvalue weighted by molar-refractivity contribution is 0.601. The molecule has 0 amide bonds. The highest BCUT2D eigenvalue weighted by Crippen LogP contribution is 2.24. The second kappa shape index (κ2) is 4.57. The molecule has 16 heavy (non-hydrogen) atoms. The number of sulfonamides is 1. The molecular weight excluding hydrogens is 310 g/mol. The molecule has 1 N–H and O–H groups in total. The third-order valence-electron chi connectivity index (χ3n) is 1.90. The third-order valence-corrected chi connectivity index (χ3v) is 4.98. The number of thiophene rings is 1. The SMILES string of the molecule is O=S(=O)(Nc1ccsc1)c1ccccc1Br. The van der Waals surface area contributed by atoms with Gasteiger partial charge in [-0.3, -0.25) is 4.72 Å². The summed E-state index contributed by atoms with van der Waals surface area (Å²) in [4.78, 5) is 0.237. The number of rotatable bonds is 3. The Morgan fingerprint density at radius 3 is 2.56 bits per heavy atom. The average molecular weight is 318 g/mol. The van der Waals surface area contributed by atoms with Gasteiger partial charge in [0.1, 0.15) is 4.90 Å². The Morgan fingerprint density at radius 1 is 1.19 bits per heavy atom. The van der Waals surface area contributed by atoms with Gasteiger partial charge in [-0.2, -0.15) is 11.3 Å². The van der Waals surface area contributed by atoms with Crippen LogP contribution in [-0.4, -0.2) is 8.42 Å². The molecule has 0 aliphatic rings. The normalized spacial score (nSPS) is 11.3. The minimum atomic E-state index is -3.50. The highest BCUT2D eigenvalue weighted by molar-refractivity contribution is 9.10. The number of hydrogen-bond acceptors (Lipinski definition) is 3. The lowest BCUT2D eigenvalue weighted by Crippen LogP contribution is -2.12. The van der Waals surface area contributed by atoms with Crippen molar-refractivity contribution >= 4 is 43.0 Å². The monoisotopic (exact) mass is 317 g/mol. The van der Waals surface area contributed by atoms with E-state index in [0.29, 0.717) is 10.2 Å². The average Bonchev–Trinajstić information content (AvgIpc) is 2.70. The van der Waals surface area contributed by atoms with Crippen molar-refractivity contribution in [2.24, 2.45) is 0 Å². The fourth-order valence-corrected chi connectivity index (χ4v) is 3.91. The van der Waals surface area contributed by atoms with Crippen LogP contribution in [0.15, 0.2) is 50.5 Å². The summed E-state index contributed by atoms with van der Waals surface area (Å²) in [5.41, 5.74) is 0.584. The van der Waals surface area contributed by atoms with Gasteiger partial charge in [0.2, 0.25) is 0 Å². The first-order valence-corrected chi connectivity index (χ1v) is 7.61. The van der Waals surface area contributed by atoms with E-state index in [1.165, 1.54) is 11.3 Å². The fourth-order valence-electron chi connectivity index (χ4n) is 1.20. The minimum absolute atomic E-state index is 0.237. The third kappa shape index (κ3) is 2.45. The second-order valence-corrected chi connectivity index (χ2v) is 6.33. The molecule has 3 nitrogen and oxygen atoms in total. The Kier molecular flexibility index (Phi) is 3.32. The molecule has 1 aromatic heterocycles. The van der Waals surface area contributed by atoms with Gasteiger partial charge >= 0.3 is 0 Å². The Balaban J connectivity index is 2.37. The lowest BCUT2D eigenvalue weighted by Gasteiger charge is -2.07. The van der Waals surface area contributed by atoms with Crippen LogP contribution in [0.2, 0.25) is 0 Å². The predicted octanol–water partition coefficient (Wildman–Crippen LogP) is 3.31. The molecule has 1 heterocycles. The lowest BCUT2D eigenvalue weighted by atomic mass is 10.4. The minimum Gasteiger partial charge on any atom is -0.279 e. The molecule has 6 heteroatoms. The van der Waals surface area contributed by atoms with Crippen LogP contribution in [0.1, 0.15) is 0 Å². The second-order valence-electron chi connectivity index (χ2n) is 3.05. The number of anilines is 1. The number of hydrogen-bond donors (Lipinski definition) is 1. The summed E-state index contributed by atoms with van der Waals surface area (Å²) in [5.74, 6) is 0. The van der Waals surface area contributed by atoms with Gasteiger partial charge in [0.05, 0.1) is 5.69 Å².